The fourth-order valence-corrected chi connectivity index (χ4v) is 9.69. The Labute approximate surface area is 355 Å². The van der Waals surface area contributed by atoms with Gasteiger partial charge in [-0.05, 0) is 86.9 Å². The topological polar surface area (TPSA) is 153 Å². The number of aromatic nitrogens is 2. The Kier molecular flexibility index (Phi) is 11.1. The monoisotopic (exact) mass is 855 g/mol. The molecular formula is C44H48F3N9O6. The van der Waals surface area contributed by atoms with Crippen LogP contribution >= 0.6 is 0 Å². The molecule has 4 fully saturated rings. The minimum Gasteiger partial charge on any atom is -0.494 e. The number of hydrogen-bond donors (Lipinski definition) is 2. The van der Waals surface area contributed by atoms with Crippen LogP contribution in [0.25, 0.3) is 10.9 Å². The van der Waals surface area contributed by atoms with E-state index in [-0.39, 0.29) is 35.7 Å². The molecule has 3 saturated heterocycles. The maximum atomic E-state index is 13.3. The molecule has 0 radical (unpaired) electrons. The normalized spacial score (nSPS) is 22.0. The quantitative estimate of drug-likeness (QED) is 0.198. The number of carbonyl (C=O) groups excluding carboxylic acids is 5. The third-order valence-electron chi connectivity index (χ3n) is 13.1. The highest BCUT2D eigenvalue weighted by Gasteiger charge is 2.43. The van der Waals surface area contributed by atoms with Crippen LogP contribution in [0.15, 0.2) is 60.8 Å². The largest absolute Gasteiger partial charge is 0.494 e. The SMILES string of the molecule is COc1cc2nn(C3CCC(CN4CCN(C5CCN(c6ccc7c(c6)C(=O)N(N6CCC(=O)NC6=O)C7=O)CC5)CC4)CC3)cc2cc1NC(=O)c1cccc(C(F)(F)F)c1. The van der Waals surface area contributed by atoms with Gasteiger partial charge in [0.2, 0.25) is 5.91 Å². The zero-order chi connectivity index (χ0) is 43.3. The first-order valence-corrected chi connectivity index (χ1v) is 21.2. The highest BCUT2D eigenvalue weighted by atomic mass is 19.4. The van der Waals surface area contributed by atoms with E-state index >= 15 is 0 Å². The van der Waals surface area contributed by atoms with Crippen LogP contribution in [0.4, 0.5) is 29.3 Å². The van der Waals surface area contributed by atoms with E-state index in [1.807, 2.05) is 16.9 Å². The van der Waals surface area contributed by atoms with Crippen LogP contribution < -0.4 is 20.3 Å². The molecule has 6 amide bonds. The molecule has 0 spiro atoms. The third kappa shape index (κ3) is 8.20. The van der Waals surface area contributed by atoms with Crippen LogP contribution in [-0.4, -0.2) is 125 Å². The molecule has 5 heterocycles. The smallest absolute Gasteiger partial charge is 0.416 e. The van der Waals surface area contributed by atoms with E-state index < -0.39 is 41.4 Å². The molecule has 4 aliphatic heterocycles. The number of fused-ring (bicyclic) bond motifs is 2. The summed E-state index contributed by atoms with van der Waals surface area (Å²) in [7, 11) is 1.47. The van der Waals surface area contributed by atoms with Crippen LogP contribution in [0, 0.1) is 5.92 Å². The predicted octanol–water partition coefficient (Wildman–Crippen LogP) is 5.79. The molecule has 62 heavy (non-hydrogen) atoms. The van der Waals surface area contributed by atoms with Crippen molar-refractivity contribution in [1.82, 2.24) is 34.9 Å². The zero-order valence-corrected chi connectivity index (χ0v) is 34.3. The molecule has 18 heteroatoms. The number of piperazine rings is 1. The first-order chi connectivity index (χ1) is 29.8. The van der Waals surface area contributed by atoms with Crippen LogP contribution in [0.2, 0.25) is 0 Å². The summed E-state index contributed by atoms with van der Waals surface area (Å²) in [4.78, 5) is 70.9. The van der Waals surface area contributed by atoms with Crippen molar-refractivity contribution in [1.29, 1.82) is 0 Å². The molecule has 0 unspecified atom stereocenters. The van der Waals surface area contributed by atoms with E-state index in [2.05, 4.69) is 25.3 Å². The molecule has 1 aromatic heterocycles. The number of nitrogens with zero attached hydrogens (tertiary/aromatic N) is 7. The lowest BCUT2D eigenvalue weighted by atomic mass is 9.85. The summed E-state index contributed by atoms with van der Waals surface area (Å²) in [5.41, 5.74) is 1.45. The van der Waals surface area contributed by atoms with Crippen molar-refractivity contribution < 1.29 is 41.9 Å². The van der Waals surface area contributed by atoms with Gasteiger partial charge in [0.25, 0.3) is 17.7 Å². The molecule has 15 nitrogen and oxygen atoms in total. The minimum absolute atomic E-state index is 0.0117. The van der Waals surface area contributed by atoms with Gasteiger partial charge in [-0.1, -0.05) is 6.07 Å². The fourth-order valence-electron chi connectivity index (χ4n) is 9.69. The summed E-state index contributed by atoms with van der Waals surface area (Å²) < 4.78 is 47.3. The van der Waals surface area contributed by atoms with E-state index in [1.165, 1.54) is 19.2 Å². The number of nitrogens with one attached hydrogen (secondary N) is 2. The molecule has 9 rings (SSSR count). The number of alkyl halides is 3. The fraction of sp³-hybridized carbons (Fsp3) is 0.455. The van der Waals surface area contributed by atoms with Crippen molar-refractivity contribution in [2.24, 2.45) is 5.92 Å². The summed E-state index contributed by atoms with van der Waals surface area (Å²) in [6.45, 7) is 6.79. The van der Waals surface area contributed by atoms with Crippen LogP contribution in [0.1, 0.15) is 87.6 Å². The van der Waals surface area contributed by atoms with E-state index in [0.29, 0.717) is 28.9 Å². The lowest BCUT2D eigenvalue weighted by Gasteiger charge is -2.44. The van der Waals surface area contributed by atoms with Gasteiger partial charge >= 0.3 is 12.2 Å². The van der Waals surface area contributed by atoms with E-state index in [9.17, 15) is 37.1 Å². The Morgan fingerprint density at radius 3 is 2.29 bits per heavy atom. The Bertz CT molecular complexity index is 2420. The van der Waals surface area contributed by atoms with Crippen LogP contribution in [0.5, 0.6) is 5.75 Å². The molecule has 3 aromatic carbocycles. The molecule has 5 aliphatic rings. The number of anilines is 2. The van der Waals surface area contributed by atoms with Gasteiger partial charge in [0.05, 0.1) is 47.6 Å². The van der Waals surface area contributed by atoms with E-state index in [1.54, 1.807) is 24.3 Å². The number of ether oxygens (including phenoxy) is 1. The van der Waals surface area contributed by atoms with Gasteiger partial charge in [0.1, 0.15) is 5.75 Å². The Hall–Kier alpha value is -6.01. The van der Waals surface area contributed by atoms with E-state index in [0.717, 1.165) is 118 Å². The van der Waals surface area contributed by atoms with Gasteiger partial charge in [0, 0.05) is 87.2 Å². The zero-order valence-electron chi connectivity index (χ0n) is 34.3. The second kappa shape index (κ2) is 16.7. The van der Waals surface area contributed by atoms with Crippen LogP contribution in [0.3, 0.4) is 0 Å². The van der Waals surface area contributed by atoms with Gasteiger partial charge in [-0.2, -0.15) is 23.3 Å². The molecule has 4 aromatic rings. The molecule has 1 saturated carbocycles. The standard InChI is InChI=1S/C44H48F3N9O6/c1-62-38-24-36-29(22-37(38)48-40(58)28-3-2-4-30(21-28)44(45,46)47)26-54(50-36)32-7-5-27(6-8-32)25-51-17-19-53(20-18-51)31-11-14-52(15-12-31)33-9-10-34-35(23-33)42(60)56(41(34)59)55-16-13-39(57)49-43(55)61/h2-4,9-10,21-24,26-27,31-32H,5-8,11-20,25H2,1H3,(H,48,58)(H,49,57,61). The molecule has 0 bridgehead atoms. The Morgan fingerprint density at radius 2 is 1.58 bits per heavy atom. The summed E-state index contributed by atoms with van der Waals surface area (Å²) in [5, 5.41) is 12.4. The van der Waals surface area contributed by atoms with Crippen molar-refractivity contribution >= 4 is 51.9 Å². The number of methoxy groups -OCH3 is 1. The summed E-state index contributed by atoms with van der Waals surface area (Å²) >= 11 is 0. The number of piperidine rings is 1. The molecule has 2 N–H and O–H groups in total. The molecule has 0 atom stereocenters. The van der Waals surface area contributed by atoms with Crippen molar-refractivity contribution in [3.05, 3.63) is 83.0 Å². The average molecular weight is 856 g/mol. The Morgan fingerprint density at radius 1 is 0.839 bits per heavy atom. The maximum Gasteiger partial charge on any atom is 0.416 e. The summed E-state index contributed by atoms with van der Waals surface area (Å²) in [6, 6.07) is 13.0. The number of carbonyl (C=O) groups is 5. The van der Waals surface area contributed by atoms with Crippen molar-refractivity contribution in [3.63, 3.8) is 0 Å². The number of hydrogen-bond acceptors (Lipinski definition) is 10. The first-order valence-electron chi connectivity index (χ1n) is 21.2. The number of amides is 6. The maximum absolute atomic E-state index is 13.3. The number of hydrazine groups is 1. The number of imide groups is 2. The van der Waals surface area contributed by atoms with Gasteiger partial charge < -0.3 is 19.9 Å². The number of urea groups is 1. The van der Waals surface area contributed by atoms with Crippen molar-refractivity contribution in [3.8, 4) is 5.75 Å². The van der Waals surface area contributed by atoms with Crippen LogP contribution in [-0.2, 0) is 11.0 Å². The van der Waals surface area contributed by atoms with E-state index in [4.69, 9.17) is 9.84 Å². The average Bonchev–Trinajstić information content (AvgIpc) is 3.80. The van der Waals surface area contributed by atoms with Gasteiger partial charge in [-0.25, -0.2) is 9.80 Å². The highest BCUT2D eigenvalue weighted by molar-refractivity contribution is 6.22. The molecular weight excluding hydrogens is 808 g/mol. The number of benzene rings is 3. The van der Waals surface area contributed by atoms with Crippen molar-refractivity contribution in [2.75, 3.05) is 69.7 Å². The molecule has 326 valence electrons. The first kappa shape index (κ1) is 41.3. The van der Waals surface area contributed by atoms with Crippen molar-refractivity contribution in [2.45, 2.75) is 63.2 Å². The second-order valence-electron chi connectivity index (χ2n) is 16.9. The lowest BCUT2D eigenvalue weighted by molar-refractivity contribution is -0.137. The highest BCUT2D eigenvalue weighted by Crippen LogP contribution is 2.37. The predicted molar refractivity (Wildman–Crippen MR) is 222 cm³/mol. The second-order valence-corrected chi connectivity index (χ2v) is 16.9. The summed E-state index contributed by atoms with van der Waals surface area (Å²) in [5.74, 6) is -1.26. The molecule has 1 aliphatic carbocycles. The minimum atomic E-state index is -4.56. The lowest BCUT2D eigenvalue weighted by Crippen LogP contribution is -2.58. The van der Waals surface area contributed by atoms with Gasteiger partial charge in [-0.3, -0.25) is 34.1 Å². The number of rotatable bonds is 9. The van der Waals surface area contributed by atoms with Gasteiger partial charge in [0.15, 0.2) is 0 Å². The Balaban J connectivity index is 0.730. The van der Waals surface area contributed by atoms with Gasteiger partial charge in [-0.15, -0.1) is 0 Å². The number of halogens is 3. The summed E-state index contributed by atoms with van der Waals surface area (Å²) in [6.07, 6.45) is 3.59. The third-order valence-corrected chi connectivity index (χ3v) is 13.1.